The van der Waals surface area contributed by atoms with E-state index in [0.29, 0.717) is 17.9 Å². The van der Waals surface area contributed by atoms with Gasteiger partial charge in [0.25, 0.3) is 5.91 Å². The van der Waals surface area contributed by atoms with E-state index >= 15 is 0 Å². The number of ether oxygens (including phenoxy) is 1. The Morgan fingerprint density at radius 2 is 1.69 bits per heavy atom. The second-order valence-electron chi connectivity index (χ2n) is 5.86. The van der Waals surface area contributed by atoms with Crippen molar-refractivity contribution in [2.45, 2.75) is 19.4 Å². The molecule has 5 nitrogen and oxygen atoms in total. The van der Waals surface area contributed by atoms with Gasteiger partial charge in [-0.15, -0.1) is 0 Å². The molecule has 132 valence electrons. The van der Waals surface area contributed by atoms with Crippen LogP contribution in [-0.2, 0) is 4.79 Å². The number of nitrogens with one attached hydrogen (secondary N) is 1. The fourth-order valence-corrected chi connectivity index (χ4v) is 2.69. The van der Waals surface area contributed by atoms with E-state index in [9.17, 15) is 9.59 Å². The predicted molar refractivity (Wildman–Crippen MR) is 101 cm³/mol. The highest BCUT2D eigenvalue weighted by Gasteiger charge is 2.19. The summed E-state index contributed by atoms with van der Waals surface area (Å²) < 4.78 is 5.97. The van der Waals surface area contributed by atoms with Gasteiger partial charge in [0.2, 0.25) is 0 Å². The standard InChI is InChI=1S/C21H19NO4/c1-2-18(20(23)22-16-12-10-15(11-13-16)21(24)25)26-19-9-5-7-14-6-3-4-8-17(14)19/h3-13,18H,2H2,1H3,(H,22,23)(H,24,25)/t18-/m0/s1. The molecule has 1 amide bonds. The van der Waals surface area contributed by atoms with E-state index < -0.39 is 12.1 Å². The number of amides is 1. The van der Waals surface area contributed by atoms with Gasteiger partial charge < -0.3 is 15.2 Å². The summed E-state index contributed by atoms with van der Waals surface area (Å²) in [4.78, 5) is 23.4. The molecule has 0 spiro atoms. The predicted octanol–water partition coefficient (Wildman–Crippen LogP) is 4.33. The van der Waals surface area contributed by atoms with Crippen LogP contribution in [0.25, 0.3) is 10.8 Å². The molecule has 3 rings (SSSR count). The van der Waals surface area contributed by atoms with Gasteiger partial charge in [0.1, 0.15) is 5.75 Å². The third kappa shape index (κ3) is 3.83. The van der Waals surface area contributed by atoms with Crippen LogP contribution in [0.1, 0.15) is 23.7 Å². The van der Waals surface area contributed by atoms with Crippen LogP contribution in [0.5, 0.6) is 5.75 Å². The molecule has 0 heterocycles. The van der Waals surface area contributed by atoms with Crippen molar-refractivity contribution in [1.29, 1.82) is 0 Å². The average molecular weight is 349 g/mol. The zero-order chi connectivity index (χ0) is 18.5. The van der Waals surface area contributed by atoms with E-state index in [1.807, 2.05) is 49.4 Å². The first kappa shape index (κ1) is 17.5. The lowest BCUT2D eigenvalue weighted by Crippen LogP contribution is -2.32. The van der Waals surface area contributed by atoms with Gasteiger partial charge in [0.15, 0.2) is 6.10 Å². The number of fused-ring (bicyclic) bond motifs is 1. The van der Waals surface area contributed by atoms with Crippen LogP contribution in [0.4, 0.5) is 5.69 Å². The summed E-state index contributed by atoms with van der Waals surface area (Å²) in [6.45, 7) is 1.88. The lowest BCUT2D eigenvalue weighted by atomic mass is 10.1. The van der Waals surface area contributed by atoms with Crippen molar-refractivity contribution in [3.8, 4) is 5.75 Å². The number of rotatable bonds is 6. The largest absolute Gasteiger partial charge is 0.480 e. The Morgan fingerprint density at radius 3 is 2.38 bits per heavy atom. The van der Waals surface area contributed by atoms with Crippen LogP contribution in [0.15, 0.2) is 66.7 Å². The van der Waals surface area contributed by atoms with Crippen molar-refractivity contribution < 1.29 is 19.4 Å². The minimum atomic E-state index is -1.01. The summed E-state index contributed by atoms with van der Waals surface area (Å²) in [5, 5.41) is 13.7. The molecule has 3 aromatic carbocycles. The maximum atomic E-state index is 12.6. The molecule has 0 fully saturated rings. The molecule has 0 aliphatic carbocycles. The van der Waals surface area contributed by atoms with Crippen LogP contribution in [0.3, 0.4) is 0 Å². The third-order valence-electron chi connectivity index (χ3n) is 4.08. The fraction of sp³-hybridized carbons (Fsp3) is 0.143. The molecule has 2 N–H and O–H groups in total. The Morgan fingerprint density at radius 1 is 1.00 bits per heavy atom. The monoisotopic (exact) mass is 349 g/mol. The maximum absolute atomic E-state index is 12.6. The Bertz CT molecular complexity index is 929. The van der Waals surface area contributed by atoms with Crippen LogP contribution < -0.4 is 10.1 Å². The van der Waals surface area contributed by atoms with Gasteiger partial charge in [0, 0.05) is 11.1 Å². The summed E-state index contributed by atoms with van der Waals surface area (Å²) in [6, 6.07) is 19.6. The van der Waals surface area contributed by atoms with E-state index in [-0.39, 0.29) is 11.5 Å². The summed E-state index contributed by atoms with van der Waals surface area (Å²) in [6.07, 6.45) is -0.151. The molecule has 3 aromatic rings. The molecule has 5 heteroatoms. The van der Waals surface area contributed by atoms with Gasteiger partial charge in [-0.3, -0.25) is 4.79 Å². The first-order valence-electron chi connectivity index (χ1n) is 8.37. The molecule has 0 saturated heterocycles. The van der Waals surface area contributed by atoms with Crippen molar-refractivity contribution in [3.05, 3.63) is 72.3 Å². The van der Waals surface area contributed by atoms with Crippen LogP contribution in [-0.4, -0.2) is 23.1 Å². The topological polar surface area (TPSA) is 75.6 Å². The molecule has 0 bridgehead atoms. The SMILES string of the molecule is CC[C@H](Oc1cccc2ccccc12)C(=O)Nc1ccc(C(=O)O)cc1. The Labute approximate surface area is 151 Å². The van der Waals surface area contributed by atoms with Gasteiger partial charge in [-0.05, 0) is 42.1 Å². The zero-order valence-electron chi connectivity index (χ0n) is 14.3. The van der Waals surface area contributed by atoms with E-state index in [2.05, 4.69) is 5.32 Å². The quantitative estimate of drug-likeness (QED) is 0.694. The number of carbonyl (C=O) groups is 2. The van der Waals surface area contributed by atoms with Crippen molar-refractivity contribution in [1.82, 2.24) is 0 Å². The molecule has 0 aliphatic heterocycles. The average Bonchev–Trinajstić information content (AvgIpc) is 2.66. The van der Waals surface area contributed by atoms with E-state index in [1.165, 1.54) is 12.1 Å². The molecular weight excluding hydrogens is 330 g/mol. The first-order valence-corrected chi connectivity index (χ1v) is 8.37. The summed E-state index contributed by atoms with van der Waals surface area (Å²) in [5.74, 6) is -0.622. The third-order valence-corrected chi connectivity index (χ3v) is 4.08. The van der Waals surface area contributed by atoms with Crippen LogP contribution in [0.2, 0.25) is 0 Å². The summed E-state index contributed by atoms with van der Waals surface area (Å²) >= 11 is 0. The smallest absolute Gasteiger partial charge is 0.335 e. The normalized spacial score (nSPS) is 11.7. The van der Waals surface area contributed by atoms with E-state index in [1.54, 1.807) is 12.1 Å². The summed E-state index contributed by atoms with van der Waals surface area (Å²) in [7, 11) is 0. The number of carboxylic acids is 1. The highest BCUT2D eigenvalue weighted by molar-refractivity contribution is 5.96. The van der Waals surface area contributed by atoms with Crippen molar-refractivity contribution in [2.24, 2.45) is 0 Å². The number of hydrogen-bond donors (Lipinski definition) is 2. The molecular formula is C21H19NO4. The molecule has 0 aliphatic rings. The maximum Gasteiger partial charge on any atom is 0.335 e. The number of carboxylic acid groups (broad SMARTS) is 1. The molecule has 0 saturated carbocycles. The molecule has 26 heavy (non-hydrogen) atoms. The lowest BCUT2D eigenvalue weighted by molar-refractivity contribution is -0.122. The van der Waals surface area contributed by atoms with E-state index in [4.69, 9.17) is 9.84 Å². The van der Waals surface area contributed by atoms with Gasteiger partial charge in [0.05, 0.1) is 5.56 Å². The van der Waals surface area contributed by atoms with Gasteiger partial charge in [-0.1, -0.05) is 43.3 Å². The Hall–Kier alpha value is -3.34. The van der Waals surface area contributed by atoms with Gasteiger partial charge in [-0.2, -0.15) is 0 Å². The van der Waals surface area contributed by atoms with Gasteiger partial charge >= 0.3 is 5.97 Å². The number of benzene rings is 3. The lowest BCUT2D eigenvalue weighted by Gasteiger charge is -2.18. The first-order chi connectivity index (χ1) is 12.6. The van der Waals surface area contributed by atoms with Gasteiger partial charge in [-0.25, -0.2) is 4.79 Å². The molecule has 0 unspecified atom stereocenters. The Kier molecular flexibility index (Phi) is 5.17. The van der Waals surface area contributed by atoms with Crippen LogP contribution in [0, 0.1) is 0 Å². The van der Waals surface area contributed by atoms with Crippen LogP contribution >= 0.6 is 0 Å². The minimum Gasteiger partial charge on any atom is -0.480 e. The number of carbonyl (C=O) groups excluding carboxylic acids is 1. The molecule has 0 radical (unpaired) electrons. The number of anilines is 1. The minimum absolute atomic E-state index is 0.169. The highest BCUT2D eigenvalue weighted by atomic mass is 16.5. The fourth-order valence-electron chi connectivity index (χ4n) is 2.69. The molecule has 0 aromatic heterocycles. The zero-order valence-corrected chi connectivity index (χ0v) is 14.3. The molecule has 1 atom stereocenters. The number of aromatic carboxylic acids is 1. The second-order valence-corrected chi connectivity index (χ2v) is 5.86. The summed E-state index contributed by atoms with van der Waals surface area (Å²) in [5.41, 5.74) is 0.696. The highest BCUT2D eigenvalue weighted by Crippen LogP contribution is 2.26. The number of hydrogen-bond acceptors (Lipinski definition) is 3. The Balaban J connectivity index is 1.75. The van der Waals surface area contributed by atoms with Crippen molar-refractivity contribution >= 4 is 28.3 Å². The van der Waals surface area contributed by atoms with E-state index in [0.717, 1.165) is 10.8 Å². The second kappa shape index (κ2) is 7.70. The van der Waals surface area contributed by atoms with Crippen molar-refractivity contribution in [3.63, 3.8) is 0 Å². The van der Waals surface area contributed by atoms with Crippen molar-refractivity contribution in [2.75, 3.05) is 5.32 Å².